The predicted molar refractivity (Wildman–Crippen MR) is 75.7 cm³/mol. The molecule has 4 heteroatoms. The minimum atomic E-state index is -1.28. The van der Waals surface area contributed by atoms with Gasteiger partial charge in [-0.3, -0.25) is 0 Å². The molecule has 0 spiro atoms. The third-order valence-corrected chi connectivity index (χ3v) is 3.88. The lowest BCUT2D eigenvalue weighted by atomic mass is 9.85. The second-order valence-electron chi connectivity index (χ2n) is 4.79. The van der Waals surface area contributed by atoms with Gasteiger partial charge in [0.2, 0.25) is 0 Å². The lowest BCUT2D eigenvalue weighted by Gasteiger charge is -2.28. The van der Waals surface area contributed by atoms with Crippen LogP contribution >= 0.6 is 11.6 Å². The Hall–Kier alpha value is -1.45. The van der Waals surface area contributed by atoms with Crippen LogP contribution in [0.2, 0.25) is 5.02 Å². The van der Waals surface area contributed by atoms with E-state index in [1.807, 2.05) is 0 Å². The highest BCUT2D eigenvalue weighted by molar-refractivity contribution is 6.31. The number of hydrogen-bond donors (Lipinski definition) is 1. The minimum Gasteiger partial charge on any atom is -0.385 e. The third-order valence-electron chi connectivity index (χ3n) is 3.46. The third kappa shape index (κ3) is 3.00. The van der Waals surface area contributed by atoms with Crippen molar-refractivity contribution >= 4 is 11.6 Å². The maximum atomic E-state index is 13.5. The quantitative estimate of drug-likeness (QED) is 0.883. The van der Waals surface area contributed by atoms with E-state index in [1.54, 1.807) is 25.1 Å². The molecule has 1 unspecified atom stereocenters. The van der Waals surface area contributed by atoms with E-state index < -0.39 is 17.2 Å². The van der Waals surface area contributed by atoms with Gasteiger partial charge in [-0.2, -0.15) is 0 Å². The van der Waals surface area contributed by atoms with E-state index in [2.05, 4.69) is 0 Å². The van der Waals surface area contributed by atoms with Crippen LogP contribution in [0.25, 0.3) is 0 Å². The van der Waals surface area contributed by atoms with Crippen molar-refractivity contribution in [3.05, 3.63) is 70.2 Å². The van der Waals surface area contributed by atoms with E-state index in [9.17, 15) is 13.9 Å². The standard InChI is InChI=1S/C16H15ClF2O/c1-2-16(20,12-6-4-7-13(18)9-12)10-11-5-3-8-14(19)15(11)17/h3-9,20H,2,10H2,1H3. The molecule has 0 aliphatic heterocycles. The van der Waals surface area contributed by atoms with Crippen LogP contribution in [0.5, 0.6) is 0 Å². The van der Waals surface area contributed by atoms with Crippen molar-refractivity contribution in [3.63, 3.8) is 0 Å². The normalized spacial score (nSPS) is 14.1. The second kappa shape index (κ2) is 5.90. The Morgan fingerprint density at radius 1 is 1.15 bits per heavy atom. The van der Waals surface area contributed by atoms with Crippen LogP contribution < -0.4 is 0 Å². The van der Waals surface area contributed by atoms with E-state index in [0.717, 1.165) is 0 Å². The lowest BCUT2D eigenvalue weighted by molar-refractivity contribution is 0.0324. The maximum Gasteiger partial charge on any atom is 0.142 e. The fourth-order valence-corrected chi connectivity index (χ4v) is 2.40. The molecule has 0 aliphatic carbocycles. The number of halogens is 3. The highest BCUT2D eigenvalue weighted by Crippen LogP contribution is 2.32. The summed E-state index contributed by atoms with van der Waals surface area (Å²) in [5.74, 6) is -0.943. The predicted octanol–water partition coefficient (Wildman–Crippen LogP) is 4.46. The van der Waals surface area contributed by atoms with Crippen molar-refractivity contribution in [3.8, 4) is 0 Å². The Morgan fingerprint density at radius 3 is 2.50 bits per heavy atom. The summed E-state index contributed by atoms with van der Waals surface area (Å²) in [5.41, 5.74) is -0.319. The molecule has 0 heterocycles. The number of aliphatic hydroxyl groups is 1. The van der Waals surface area contributed by atoms with Gasteiger partial charge in [-0.15, -0.1) is 0 Å². The molecule has 20 heavy (non-hydrogen) atoms. The first-order valence-electron chi connectivity index (χ1n) is 6.37. The number of benzene rings is 2. The van der Waals surface area contributed by atoms with Crippen LogP contribution in [-0.4, -0.2) is 5.11 Å². The van der Waals surface area contributed by atoms with E-state index in [4.69, 9.17) is 11.6 Å². The van der Waals surface area contributed by atoms with Crippen molar-refractivity contribution in [2.24, 2.45) is 0 Å². The highest BCUT2D eigenvalue weighted by Gasteiger charge is 2.29. The molecule has 0 radical (unpaired) electrons. The van der Waals surface area contributed by atoms with Crippen LogP contribution in [0.1, 0.15) is 24.5 Å². The summed E-state index contributed by atoms with van der Waals surface area (Å²) in [5, 5.41) is 10.7. The Labute approximate surface area is 121 Å². The van der Waals surface area contributed by atoms with Crippen LogP contribution in [-0.2, 0) is 12.0 Å². The van der Waals surface area contributed by atoms with Gasteiger partial charge in [0, 0.05) is 6.42 Å². The Bertz CT molecular complexity index is 615. The summed E-state index contributed by atoms with van der Waals surface area (Å²) in [6.07, 6.45) is 0.493. The molecule has 0 saturated heterocycles. The van der Waals surface area contributed by atoms with Crippen LogP contribution in [0.15, 0.2) is 42.5 Å². The maximum absolute atomic E-state index is 13.5. The molecular weight excluding hydrogens is 282 g/mol. The second-order valence-corrected chi connectivity index (χ2v) is 5.16. The van der Waals surface area contributed by atoms with Gasteiger partial charge < -0.3 is 5.11 Å². The van der Waals surface area contributed by atoms with Gasteiger partial charge in [-0.1, -0.05) is 42.8 Å². The summed E-state index contributed by atoms with van der Waals surface area (Å²) >= 11 is 5.91. The molecule has 1 atom stereocenters. The van der Waals surface area contributed by atoms with E-state index in [-0.39, 0.29) is 11.4 Å². The number of hydrogen-bond acceptors (Lipinski definition) is 1. The lowest BCUT2D eigenvalue weighted by Crippen LogP contribution is -2.28. The molecular formula is C16H15ClF2O. The van der Waals surface area contributed by atoms with Crippen LogP contribution in [0.3, 0.4) is 0 Å². The van der Waals surface area contributed by atoms with Gasteiger partial charge in [-0.05, 0) is 35.7 Å². The van der Waals surface area contributed by atoms with Crippen LogP contribution in [0, 0.1) is 11.6 Å². The summed E-state index contributed by atoms with van der Waals surface area (Å²) in [6.45, 7) is 1.79. The van der Waals surface area contributed by atoms with E-state index in [0.29, 0.717) is 17.5 Å². The summed E-state index contributed by atoms with van der Waals surface area (Å²) in [6, 6.07) is 10.3. The molecule has 0 aliphatic rings. The zero-order valence-electron chi connectivity index (χ0n) is 11.0. The minimum absolute atomic E-state index is 0.00391. The average Bonchev–Trinajstić information content (AvgIpc) is 2.44. The van der Waals surface area contributed by atoms with Gasteiger partial charge in [0.25, 0.3) is 0 Å². The van der Waals surface area contributed by atoms with Gasteiger partial charge >= 0.3 is 0 Å². The molecule has 0 aromatic heterocycles. The molecule has 1 nitrogen and oxygen atoms in total. The van der Waals surface area contributed by atoms with E-state index >= 15 is 0 Å². The van der Waals surface area contributed by atoms with Crippen molar-refractivity contribution in [1.82, 2.24) is 0 Å². The van der Waals surface area contributed by atoms with Gasteiger partial charge in [0.1, 0.15) is 11.6 Å². The highest BCUT2D eigenvalue weighted by atomic mass is 35.5. The van der Waals surface area contributed by atoms with Crippen molar-refractivity contribution < 1.29 is 13.9 Å². The Balaban J connectivity index is 2.39. The molecule has 0 fully saturated rings. The average molecular weight is 297 g/mol. The molecule has 0 bridgehead atoms. The summed E-state index contributed by atoms with van der Waals surface area (Å²) < 4.78 is 26.8. The summed E-state index contributed by atoms with van der Waals surface area (Å²) in [4.78, 5) is 0. The fourth-order valence-electron chi connectivity index (χ4n) is 2.21. The first-order valence-corrected chi connectivity index (χ1v) is 6.75. The first kappa shape index (κ1) is 14.9. The zero-order chi connectivity index (χ0) is 14.8. The van der Waals surface area contributed by atoms with Crippen molar-refractivity contribution in [2.45, 2.75) is 25.4 Å². The van der Waals surface area contributed by atoms with E-state index in [1.165, 1.54) is 24.3 Å². The molecule has 2 rings (SSSR count). The number of rotatable bonds is 4. The first-order chi connectivity index (χ1) is 9.46. The molecule has 2 aromatic carbocycles. The van der Waals surface area contributed by atoms with Crippen molar-refractivity contribution in [2.75, 3.05) is 0 Å². The zero-order valence-corrected chi connectivity index (χ0v) is 11.8. The van der Waals surface area contributed by atoms with Gasteiger partial charge in [0.15, 0.2) is 0 Å². The Kier molecular flexibility index (Phi) is 4.41. The van der Waals surface area contributed by atoms with Crippen LogP contribution in [0.4, 0.5) is 8.78 Å². The topological polar surface area (TPSA) is 20.2 Å². The van der Waals surface area contributed by atoms with Gasteiger partial charge in [-0.25, -0.2) is 8.78 Å². The fraction of sp³-hybridized carbons (Fsp3) is 0.250. The smallest absolute Gasteiger partial charge is 0.142 e. The van der Waals surface area contributed by atoms with Gasteiger partial charge in [0.05, 0.1) is 10.6 Å². The largest absolute Gasteiger partial charge is 0.385 e. The monoisotopic (exact) mass is 296 g/mol. The molecule has 0 saturated carbocycles. The van der Waals surface area contributed by atoms with Crippen molar-refractivity contribution in [1.29, 1.82) is 0 Å². The molecule has 0 amide bonds. The molecule has 1 N–H and O–H groups in total. The molecule has 2 aromatic rings. The summed E-state index contributed by atoms with van der Waals surface area (Å²) in [7, 11) is 0. The molecule has 106 valence electrons. The Morgan fingerprint density at radius 2 is 1.85 bits per heavy atom. The SMILES string of the molecule is CCC(O)(Cc1cccc(F)c1Cl)c1cccc(F)c1.